The molecule has 0 fully saturated rings. The van der Waals surface area contributed by atoms with Gasteiger partial charge in [-0.2, -0.15) is 0 Å². The molecule has 0 aliphatic rings. The molecule has 0 aliphatic carbocycles. The van der Waals surface area contributed by atoms with Gasteiger partial charge >= 0.3 is 5.97 Å². The fraction of sp³-hybridized carbons (Fsp3) is 0.529. The zero-order valence-corrected chi connectivity index (χ0v) is 13.7. The van der Waals surface area contributed by atoms with Crippen molar-refractivity contribution < 1.29 is 14.7 Å². The molecule has 0 spiro atoms. The van der Waals surface area contributed by atoms with Gasteiger partial charge in [-0.1, -0.05) is 25.5 Å². The van der Waals surface area contributed by atoms with Crippen LogP contribution in [0.2, 0.25) is 0 Å². The van der Waals surface area contributed by atoms with E-state index in [4.69, 9.17) is 5.11 Å². The molecular weight excluding hydrogens is 280 g/mol. The van der Waals surface area contributed by atoms with Gasteiger partial charge in [-0.25, -0.2) is 0 Å². The van der Waals surface area contributed by atoms with Gasteiger partial charge in [-0.15, -0.1) is 0 Å². The number of hydrogen-bond donors (Lipinski definition) is 1. The van der Waals surface area contributed by atoms with E-state index in [1.807, 2.05) is 36.1 Å². The number of carboxylic acids is 1. The van der Waals surface area contributed by atoms with Gasteiger partial charge in [-0.3, -0.25) is 9.59 Å². The van der Waals surface area contributed by atoms with Crippen molar-refractivity contribution in [1.29, 1.82) is 0 Å². The molecule has 0 aromatic heterocycles. The number of aryl methyl sites for hydroxylation is 1. The topological polar surface area (TPSA) is 60.9 Å². The van der Waals surface area contributed by atoms with E-state index in [9.17, 15) is 9.59 Å². The van der Waals surface area contributed by atoms with Gasteiger partial charge in [0, 0.05) is 25.8 Å². The lowest BCUT2D eigenvalue weighted by molar-refractivity contribution is -0.137. The van der Waals surface area contributed by atoms with Crippen LogP contribution in [0.5, 0.6) is 0 Å². The molecule has 122 valence electrons. The lowest BCUT2D eigenvalue weighted by atomic mass is 10.2. The largest absolute Gasteiger partial charge is 0.481 e. The average Bonchev–Trinajstić information content (AvgIpc) is 2.48. The molecule has 0 aliphatic heterocycles. The number of anilines is 1. The number of benzene rings is 1. The number of carbonyl (C=O) groups is 2. The van der Waals surface area contributed by atoms with Gasteiger partial charge in [0.2, 0.25) is 5.91 Å². The van der Waals surface area contributed by atoms with Crippen LogP contribution in [0.3, 0.4) is 0 Å². The van der Waals surface area contributed by atoms with Gasteiger partial charge in [0.15, 0.2) is 0 Å². The summed E-state index contributed by atoms with van der Waals surface area (Å²) in [7, 11) is 1.80. The maximum absolute atomic E-state index is 12.3. The van der Waals surface area contributed by atoms with Crippen LogP contribution in [0.15, 0.2) is 24.3 Å². The number of hydrogen-bond acceptors (Lipinski definition) is 3. The Hall–Kier alpha value is -2.04. The van der Waals surface area contributed by atoms with E-state index in [0.29, 0.717) is 6.54 Å². The second kappa shape index (κ2) is 9.07. The van der Waals surface area contributed by atoms with Crippen molar-refractivity contribution in [3.8, 4) is 0 Å². The Bertz CT molecular complexity index is 502. The Balaban J connectivity index is 2.77. The van der Waals surface area contributed by atoms with Crippen molar-refractivity contribution in [2.24, 2.45) is 0 Å². The van der Waals surface area contributed by atoms with Gasteiger partial charge in [0.05, 0.1) is 13.0 Å². The molecule has 0 saturated heterocycles. The van der Waals surface area contributed by atoms with Crippen LogP contribution in [0.4, 0.5) is 5.69 Å². The van der Waals surface area contributed by atoms with Crippen LogP contribution in [0, 0.1) is 6.92 Å². The second-order valence-electron chi connectivity index (χ2n) is 5.57. The number of carbonyl (C=O) groups excluding carboxylic acids is 1. The minimum atomic E-state index is -0.857. The lowest BCUT2D eigenvalue weighted by Crippen LogP contribution is -2.39. The quantitative estimate of drug-likeness (QED) is 0.761. The summed E-state index contributed by atoms with van der Waals surface area (Å²) >= 11 is 0. The van der Waals surface area contributed by atoms with Crippen LogP contribution in [-0.4, -0.2) is 48.6 Å². The Morgan fingerprint density at radius 1 is 1.23 bits per heavy atom. The second-order valence-corrected chi connectivity index (χ2v) is 5.57. The number of amides is 1. The zero-order valence-electron chi connectivity index (χ0n) is 13.7. The summed E-state index contributed by atoms with van der Waals surface area (Å²) in [5, 5.41) is 8.90. The van der Waals surface area contributed by atoms with Crippen molar-refractivity contribution in [2.75, 3.05) is 31.6 Å². The van der Waals surface area contributed by atoms with Crippen molar-refractivity contribution in [3.05, 3.63) is 29.8 Å². The summed E-state index contributed by atoms with van der Waals surface area (Å²) in [5.41, 5.74) is 1.98. The molecule has 5 heteroatoms. The van der Waals surface area contributed by atoms with E-state index in [1.165, 1.54) is 0 Å². The maximum atomic E-state index is 12.3. The summed E-state index contributed by atoms with van der Waals surface area (Å²) in [6.45, 7) is 5.33. The summed E-state index contributed by atoms with van der Waals surface area (Å²) < 4.78 is 0. The molecule has 1 amide bonds. The third-order valence-corrected chi connectivity index (χ3v) is 3.56. The molecule has 5 nitrogen and oxygen atoms in total. The number of unbranched alkanes of at least 4 members (excludes halogenated alkanes) is 1. The first-order valence-corrected chi connectivity index (χ1v) is 7.71. The highest BCUT2D eigenvalue weighted by Crippen LogP contribution is 2.16. The maximum Gasteiger partial charge on any atom is 0.305 e. The first-order chi connectivity index (χ1) is 10.4. The normalized spacial score (nSPS) is 10.3. The Labute approximate surface area is 132 Å². The fourth-order valence-electron chi connectivity index (χ4n) is 2.16. The minimum Gasteiger partial charge on any atom is -0.481 e. The third-order valence-electron chi connectivity index (χ3n) is 3.56. The Morgan fingerprint density at radius 2 is 1.95 bits per heavy atom. The molecule has 0 radical (unpaired) electrons. The fourth-order valence-corrected chi connectivity index (χ4v) is 2.16. The highest BCUT2D eigenvalue weighted by Gasteiger charge is 2.16. The standard InChI is InChI=1S/C17H26N2O3/c1-4-5-10-18(3)16(20)13-19(11-9-17(21)22)15-8-6-7-14(2)12-15/h6-8,12H,4-5,9-11,13H2,1-3H3,(H,21,22). The number of likely N-dealkylation sites (N-methyl/N-ethyl adjacent to an activating group) is 1. The predicted molar refractivity (Wildman–Crippen MR) is 88.2 cm³/mol. The highest BCUT2D eigenvalue weighted by molar-refractivity contribution is 5.81. The molecule has 0 saturated carbocycles. The smallest absolute Gasteiger partial charge is 0.305 e. The van der Waals surface area contributed by atoms with Crippen LogP contribution < -0.4 is 4.90 Å². The van der Waals surface area contributed by atoms with Crippen molar-refractivity contribution in [3.63, 3.8) is 0 Å². The van der Waals surface area contributed by atoms with Crippen LogP contribution in [0.25, 0.3) is 0 Å². The Morgan fingerprint density at radius 3 is 2.55 bits per heavy atom. The van der Waals surface area contributed by atoms with Gasteiger partial charge in [-0.05, 0) is 31.0 Å². The molecule has 1 rings (SSSR count). The van der Waals surface area contributed by atoms with Gasteiger partial charge in [0.25, 0.3) is 0 Å². The zero-order chi connectivity index (χ0) is 16.5. The molecule has 22 heavy (non-hydrogen) atoms. The van der Waals surface area contributed by atoms with Crippen LogP contribution in [-0.2, 0) is 9.59 Å². The number of nitrogens with zero attached hydrogens (tertiary/aromatic N) is 2. The van der Waals surface area contributed by atoms with E-state index in [-0.39, 0.29) is 18.9 Å². The lowest BCUT2D eigenvalue weighted by Gasteiger charge is -2.27. The molecule has 0 heterocycles. The van der Waals surface area contributed by atoms with Crippen molar-refractivity contribution >= 4 is 17.6 Å². The monoisotopic (exact) mass is 306 g/mol. The third kappa shape index (κ3) is 6.16. The minimum absolute atomic E-state index is 0.0138. The summed E-state index contributed by atoms with van der Waals surface area (Å²) in [6, 6.07) is 7.78. The predicted octanol–water partition coefficient (Wildman–Crippen LogP) is 2.53. The first kappa shape index (κ1) is 18.0. The van der Waals surface area contributed by atoms with E-state index in [2.05, 4.69) is 6.92 Å². The van der Waals surface area contributed by atoms with Crippen molar-refractivity contribution in [1.82, 2.24) is 4.90 Å². The summed E-state index contributed by atoms with van der Waals surface area (Å²) in [5.74, 6) is -0.843. The van der Waals surface area contributed by atoms with Crippen molar-refractivity contribution in [2.45, 2.75) is 33.1 Å². The van der Waals surface area contributed by atoms with E-state index in [0.717, 1.165) is 30.6 Å². The number of rotatable bonds is 9. The number of carboxylic acid groups (broad SMARTS) is 1. The molecule has 1 aromatic rings. The number of aliphatic carboxylic acids is 1. The van der Waals surface area contributed by atoms with Crippen LogP contribution in [0.1, 0.15) is 31.7 Å². The Kier molecular flexibility index (Phi) is 7.43. The molecule has 0 unspecified atom stereocenters. The molecule has 0 bridgehead atoms. The van der Waals surface area contributed by atoms with E-state index in [1.54, 1.807) is 11.9 Å². The summed E-state index contributed by atoms with van der Waals surface area (Å²) in [4.78, 5) is 26.7. The highest BCUT2D eigenvalue weighted by atomic mass is 16.4. The molecule has 1 N–H and O–H groups in total. The molecule has 0 atom stereocenters. The van der Waals surface area contributed by atoms with E-state index >= 15 is 0 Å². The summed E-state index contributed by atoms with van der Waals surface area (Å²) in [6.07, 6.45) is 2.03. The van der Waals surface area contributed by atoms with Crippen LogP contribution >= 0.6 is 0 Å². The first-order valence-electron chi connectivity index (χ1n) is 7.71. The van der Waals surface area contributed by atoms with Gasteiger partial charge < -0.3 is 14.9 Å². The SMILES string of the molecule is CCCCN(C)C(=O)CN(CCC(=O)O)c1cccc(C)c1. The van der Waals surface area contributed by atoms with Gasteiger partial charge in [0.1, 0.15) is 0 Å². The molecule has 1 aromatic carbocycles. The average molecular weight is 306 g/mol. The molecular formula is C17H26N2O3. The van der Waals surface area contributed by atoms with E-state index < -0.39 is 5.97 Å².